The zero-order valence-electron chi connectivity index (χ0n) is 9.55. The van der Waals surface area contributed by atoms with E-state index in [1.807, 2.05) is 18.2 Å². The fraction of sp³-hybridized carbons (Fsp3) is 0. The first-order valence-electron chi connectivity index (χ1n) is 5.45. The minimum Gasteiger partial charge on any atom is -0.397 e. The summed E-state index contributed by atoms with van der Waals surface area (Å²) in [5, 5.41) is 1.21. The Balaban J connectivity index is 2.20. The maximum absolute atomic E-state index is 6.08. The quantitative estimate of drug-likeness (QED) is 0.610. The van der Waals surface area contributed by atoms with Gasteiger partial charge in [-0.15, -0.1) is 0 Å². The van der Waals surface area contributed by atoms with Crippen LogP contribution in [-0.4, -0.2) is 9.97 Å². The Morgan fingerprint density at radius 3 is 2.68 bits per heavy atom. The summed E-state index contributed by atoms with van der Waals surface area (Å²) in [4.78, 5) is 7.67. The maximum atomic E-state index is 6.08. The lowest BCUT2D eigenvalue weighted by Gasteiger charge is -1.99. The molecule has 0 radical (unpaired) electrons. The molecule has 96 valence electrons. The number of nitrogen functional groups attached to an aromatic ring is 1. The summed E-state index contributed by atoms with van der Waals surface area (Å²) in [6.45, 7) is 0. The third kappa shape index (κ3) is 2.31. The Hall–Kier alpha value is -1.23. The summed E-state index contributed by atoms with van der Waals surface area (Å²) in [5.74, 6) is 0.707. The molecule has 3 aromatic rings. The van der Waals surface area contributed by atoms with Crippen LogP contribution < -0.4 is 5.73 Å². The molecule has 0 fully saturated rings. The number of nitrogens with two attached hydrogens (primary N) is 1. The smallest absolute Gasteiger partial charge is 0.138 e. The Bertz CT molecular complexity index is 783. The number of benzene rings is 2. The van der Waals surface area contributed by atoms with Crippen molar-refractivity contribution < 1.29 is 0 Å². The first kappa shape index (κ1) is 12.8. The van der Waals surface area contributed by atoms with E-state index >= 15 is 0 Å². The number of rotatable bonds is 1. The van der Waals surface area contributed by atoms with Crippen LogP contribution in [0.5, 0.6) is 0 Å². The van der Waals surface area contributed by atoms with E-state index in [0.717, 1.165) is 15.6 Å². The van der Waals surface area contributed by atoms with E-state index in [9.17, 15) is 0 Å². The van der Waals surface area contributed by atoms with Crippen molar-refractivity contribution in [1.29, 1.82) is 0 Å². The van der Waals surface area contributed by atoms with Gasteiger partial charge in [-0.05, 0) is 40.2 Å². The zero-order valence-corrected chi connectivity index (χ0v) is 12.6. The highest BCUT2D eigenvalue weighted by Crippen LogP contribution is 2.30. The number of aromatic amines is 1. The monoisotopic (exact) mass is 355 g/mol. The largest absolute Gasteiger partial charge is 0.397 e. The molecule has 0 aliphatic heterocycles. The number of nitrogens with one attached hydrogen (secondary N) is 1. The molecule has 6 heteroatoms. The highest BCUT2D eigenvalue weighted by Gasteiger charge is 2.10. The van der Waals surface area contributed by atoms with Crippen LogP contribution in [-0.2, 0) is 0 Å². The summed E-state index contributed by atoms with van der Waals surface area (Å²) in [6, 6.07) is 9.11. The highest BCUT2D eigenvalue weighted by molar-refractivity contribution is 9.10. The van der Waals surface area contributed by atoms with Gasteiger partial charge in [-0.3, -0.25) is 0 Å². The van der Waals surface area contributed by atoms with Gasteiger partial charge in [0, 0.05) is 15.1 Å². The molecule has 3 nitrogen and oxygen atoms in total. The fourth-order valence-corrected chi connectivity index (χ4v) is 2.54. The van der Waals surface area contributed by atoms with Gasteiger partial charge in [-0.2, -0.15) is 0 Å². The van der Waals surface area contributed by atoms with Crippen LogP contribution in [0.4, 0.5) is 5.69 Å². The molecule has 0 amide bonds. The second kappa shape index (κ2) is 4.71. The summed E-state index contributed by atoms with van der Waals surface area (Å²) in [7, 11) is 0. The maximum Gasteiger partial charge on any atom is 0.138 e. The van der Waals surface area contributed by atoms with Crippen LogP contribution >= 0.6 is 39.1 Å². The standard InChI is InChI=1S/C13H8BrCl2N3/c14-8-2-1-6(3-9(8)16)13-18-11-5-7(15)4-10(17)12(11)19-13/h1-5H,17H2,(H,18,19). The number of anilines is 1. The number of H-pyrrole nitrogens is 1. The molecule has 0 aliphatic rings. The van der Waals surface area contributed by atoms with Gasteiger partial charge in [0.2, 0.25) is 0 Å². The van der Waals surface area contributed by atoms with Crippen molar-refractivity contribution in [1.82, 2.24) is 9.97 Å². The normalized spacial score (nSPS) is 11.1. The van der Waals surface area contributed by atoms with Crippen molar-refractivity contribution in [2.75, 3.05) is 5.73 Å². The molecule has 0 saturated carbocycles. The number of imidazole rings is 1. The minimum atomic E-state index is 0.549. The molecule has 0 bridgehead atoms. The van der Waals surface area contributed by atoms with Gasteiger partial charge in [0.25, 0.3) is 0 Å². The van der Waals surface area contributed by atoms with Crippen molar-refractivity contribution in [3.05, 3.63) is 44.8 Å². The third-order valence-electron chi connectivity index (χ3n) is 2.77. The molecule has 0 saturated heterocycles. The number of fused-ring (bicyclic) bond motifs is 1. The van der Waals surface area contributed by atoms with Crippen LogP contribution in [0.1, 0.15) is 0 Å². The van der Waals surface area contributed by atoms with Crippen molar-refractivity contribution in [3.8, 4) is 11.4 Å². The molecule has 1 aromatic heterocycles. The Labute approximate surface area is 127 Å². The van der Waals surface area contributed by atoms with Crippen molar-refractivity contribution in [3.63, 3.8) is 0 Å². The van der Waals surface area contributed by atoms with E-state index in [1.165, 1.54) is 0 Å². The van der Waals surface area contributed by atoms with Gasteiger partial charge in [0.1, 0.15) is 11.3 Å². The fourth-order valence-electron chi connectivity index (χ4n) is 1.89. The number of aromatic nitrogens is 2. The van der Waals surface area contributed by atoms with Gasteiger partial charge < -0.3 is 10.7 Å². The number of halogens is 3. The van der Waals surface area contributed by atoms with Crippen molar-refractivity contribution in [2.24, 2.45) is 0 Å². The first-order valence-corrected chi connectivity index (χ1v) is 6.99. The van der Waals surface area contributed by atoms with Crippen LogP contribution in [0.2, 0.25) is 10.0 Å². The van der Waals surface area contributed by atoms with Crippen LogP contribution in [0.25, 0.3) is 22.4 Å². The molecule has 3 N–H and O–H groups in total. The third-order valence-corrected chi connectivity index (χ3v) is 4.22. The molecular formula is C13H8BrCl2N3. The van der Waals surface area contributed by atoms with E-state index < -0.39 is 0 Å². The molecule has 1 heterocycles. The van der Waals surface area contributed by atoms with Gasteiger partial charge in [-0.25, -0.2) is 4.98 Å². The van der Waals surface area contributed by atoms with Crippen LogP contribution in [0.15, 0.2) is 34.8 Å². The van der Waals surface area contributed by atoms with Crippen LogP contribution in [0, 0.1) is 0 Å². The van der Waals surface area contributed by atoms with Crippen molar-refractivity contribution in [2.45, 2.75) is 0 Å². The average Bonchev–Trinajstić information content (AvgIpc) is 2.76. The summed E-state index contributed by atoms with van der Waals surface area (Å²) in [5.41, 5.74) is 8.85. The average molecular weight is 357 g/mol. The predicted molar refractivity (Wildman–Crippen MR) is 83.7 cm³/mol. The molecular weight excluding hydrogens is 349 g/mol. The predicted octanol–water partition coefficient (Wildman–Crippen LogP) is 4.88. The van der Waals surface area contributed by atoms with E-state index in [0.29, 0.717) is 27.1 Å². The molecule has 19 heavy (non-hydrogen) atoms. The highest BCUT2D eigenvalue weighted by atomic mass is 79.9. The molecule has 0 unspecified atom stereocenters. The van der Waals surface area contributed by atoms with Crippen LogP contribution in [0.3, 0.4) is 0 Å². The lowest BCUT2D eigenvalue weighted by molar-refractivity contribution is 1.33. The minimum absolute atomic E-state index is 0.549. The summed E-state index contributed by atoms with van der Waals surface area (Å²) in [6.07, 6.45) is 0. The van der Waals surface area contributed by atoms with Gasteiger partial charge in [-0.1, -0.05) is 29.3 Å². The second-order valence-corrected chi connectivity index (χ2v) is 5.80. The Morgan fingerprint density at radius 2 is 1.95 bits per heavy atom. The molecule has 2 aromatic carbocycles. The molecule has 0 atom stereocenters. The van der Waals surface area contributed by atoms with E-state index in [-0.39, 0.29) is 0 Å². The number of hydrogen-bond acceptors (Lipinski definition) is 2. The Morgan fingerprint density at radius 1 is 1.16 bits per heavy atom. The molecule has 0 spiro atoms. The number of hydrogen-bond donors (Lipinski definition) is 2. The number of nitrogens with zero attached hydrogens (tertiary/aromatic N) is 1. The van der Waals surface area contributed by atoms with Gasteiger partial charge in [0.15, 0.2) is 0 Å². The summed E-state index contributed by atoms with van der Waals surface area (Å²) < 4.78 is 0.844. The van der Waals surface area contributed by atoms with Gasteiger partial charge in [0.05, 0.1) is 16.2 Å². The lowest BCUT2D eigenvalue weighted by atomic mass is 10.2. The van der Waals surface area contributed by atoms with E-state index in [4.69, 9.17) is 28.9 Å². The summed E-state index contributed by atoms with van der Waals surface area (Å²) >= 11 is 15.4. The molecule has 0 aliphatic carbocycles. The van der Waals surface area contributed by atoms with E-state index in [1.54, 1.807) is 12.1 Å². The van der Waals surface area contributed by atoms with Gasteiger partial charge >= 0.3 is 0 Å². The zero-order chi connectivity index (χ0) is 13.6. The molecule has 3 rings (SSSR count). The lowest BCUT2D eigenvalue weighted by Crippen LogP contribution is -1.86. The first-order chi connectivity index (χ1) is 9.04. The van der Waals surface area contributed by atoms with E-state index in [2.05, 4.69) is 25.9 Å². The SMILES string of the molecule is Nc1cc(Cl)cc2[nH]c(-c3ccc(Br)c(Cl)c3)nc12. The Kier molecular flexibility index (Phi) is 3.17. The topological polar surface area (TPSA) is 54.7 Å². The van der Waals surface area contributed by atoms with Crippen molar-refractivity contribution >= 4 is 55.9 Å². The second-order valence-electron chi connectivity index (χ2n) is 4.11.